The molecule has 8 heteroatoms. The van der Waals surface area contributed by atoms with Crippen LogP contribution in [0.3, 0.4) is 0 Å². The lowest BCUT2D eigenvalue weighted by Gasteiger charge is -2.09. The van der Waals surface area contributed by atoms with Crippen LogP contribution in [0.1, 0.15) is 10.4 Å². The number of nitro groups is 1. The highest BCUT2D eigenvalue weighted by Crippen LogP contribution is 2.22. The number of carboxylic acids is 1. The van der Waals surface area contributed by atoms with Gasteiger partial charge in [-0.1, -0.05) is 0 Å². The molecule has 104 valence electrons. The maximum atomic E-state index is 11.0. The molecule has 3 N–H and O–H groups in total. The molecule has 0 amide bonds. The lowest BCUT2D eigenvalue weighted by Crippen LogP contribution is -2.13. The molecule has 0 saturated carbocycles. The molecule has 1 rings (SSSR count). The van der Waals surface area contributed by atoms with Crippen LogP contribution < -0.4 is 5.32 Å². The Balaban J connectivity index is 2.74. The normalized spacial score (nSPS) is 10.2. The summed E-state index contributed by atoms with van der Waals surface area (Å²) in [4.78, 5) is 21.0. The van der Waals surface area contributed by atoms with Gasteiger partial charge in [0.25, 0.3) is 5.69 Å². The van der Waals surface area contributed by atoms with Crippen molar-refractivity contribution in [3.05, 3.63) is 33.9 Å². The summed E-state index contributed by atoms with van der Waals surface area (Å²) < 4.78 is 4.99. The van der Waals surface area contributed by atoms with E-state index in [0.29, 0.717) is 0 Å². The molecule has 0 saturated heterocycles. The Kier molecular flexibility index (Phi) is 5.71. The number of hydrogen-bond acceptors (Lipinski definition) is 6. The number of hydrogen-bond donors (Lipinski definition) is 3. The number of non-ortho nitro benzene ring substituents is 1. The molecule has 0 heterocycles. The number of benzene rings is 1. The van der Waals surface area contributed by atoms with Gasteiger partial charge in [-0.05, 0) is 6.07 Å². The predicted molar refractivity (Wildman–Crippen MR) is 66.5 cm³/mol. The zero-order valence-corrected chi connectivity index (χ0v) is 10.0. The smallest absolute Gasteiger partial charge is 0.337 e. The van der Waals surface area contributed by atoms with Crippen LogP contribution >= 0.6 is 0 Å². The third-order valence-corrected chi connectivity index (χ3v) is 2.24. The van der Waals surface area contributed by atoms with Crippen molar-refractivity contribution in [2.45, 2.75) is 0 Å². The summed E-state index contributed by atoms with van der Waals surface area (Å²) in [5.74, 6) is -1.17. The zero-order valence-electron chi connectivity index (χ0n) is 10.0. The monoisotopic (exact) mass is 270 g/mol. The number of nitrogens with zero attached hydrogens (tertiary/aromatic N) is 1. The molecule has 19 heavy (non-hydrogen) atoms. The predicted octanol–water partition coefficient (Wildman–Crippen LogP) is 0.714. The number of aliphatic hydroxyl groups excluding tert-OH is 1. The van der Waals surface area contributed by atoms with Gasteiger partial charge in [0.1, 0.15) is 0 Å². The number of carbonyl (C=O) groups is 1. The molecule has 0 atom stereocenters. The number of ether oxygens (including phenoxy) is 1. The minimum absolute atomic E-state index is 0.0484. The maximum absolute atomic E-state index is 11.0. The fourth-order valence-corrected chi connectivity index (χ4v) is 1.40. The van der Waals surface area contributed by atoms with E-state index in [1.54, 1.807) is 0 Å². The molecule has 1 aromatic carbocycles. The van der Waals surface area contributed by atoms with Gasteiger partial charge in [0, 0.05) is 18.7 Å². The van der Waals surface area contributed by atoms with Crippen LogP contribution in [0.25, 0.3) is 0 Å². The first-order valence-electron chi connectivity index (χ1n) is 5.50. The second kappa shape index (κ2) is 7.29. The highest BCUT2D eigenvalue weighted by molar-refractivity contribution is 5.94. The molecule has 0 aliphatic heterocycles. The van der Waals surface area contributed by atoms with Gasteiger partial charge in [-0.2, -0.15) is 0 Å². The van der Waals surface area contributed by atoms with Crippen molar-refractivity contribution >= 4 is 17.3 Å². The standard InChI is InChI=1S/C11H14N2O6/c14-4-6-19-5-3-12-10-7-8(13(17)18)1-2-9(10)11(15)16/h1-2,7,12,14H,3-6H2,(H,15,16). The molecule has 0 spiro atoms. The van der Waals surface area contributed by atoms with E-state index in [4.69, 9.17) is 14.9 Å². The zero-order chi connectivity index (χ0) is 14.3. The van der Waals surface area contributed by atoms with Crippen molar-refractivity contribution in [2.24, 2.45) is 0 Å². The van der Waals surface area contributed by atoms with E-state index in [0.717, 1.165) is 12.1 Å². The molecule has 8 nitrogen and oxygen atoms in total. The largest absolute Gasteiger partial charge is 0.478 e. The minimum Gasteiger partial charge on any atom is -0.478 e. The average Bonchev–Trinajstić information content (AvgIpc) is 2.38. The number of nitrogens with one attached hydrogen (secondary N) is 1. The van der Waals surface area contributed by atoms with Crippen LogP contribution in [0.2, 0.25) is 0 Å². The first-order valence-corrected chi connectivity index (χ1v) is 5.50. The van der Waals surface area contributed by atoms with Crippen LogP contribution in [0.4, 0.5) is 11.4 Å². The number of carboxylic acid groups (broad SMARTS) is 1. The Bertz CT molecular complexity index is 462. The number of aromatic carboxylic acids is 1. The average molecular weight is 270 g/mol. The molecule has 0 aliphatic rings. The third kappa shape index (κ3) is 4.53. The summed E-state index contributed by atoms with van der Waals surface area (Å²) in [6.07, 6.45) is 0. The molecule has 0 radical (unpaired) electrons. The van der Waals surface area contributed by atoms with Crippen molar-refractivity contribution in [3.63, 3.8) is 0 Å². The van der Waals surface area contributed by atoms with Crippen LogP contribution in [-0.2, 0) is 4.74 Å². The van der Waals surface area contributed by atoms with E-state index < -0.39 is 10.9 Å². The van der Waals surface area contributed by atoms with Gasteiger partial charge in [0.05, 0.1) is 36.0 Å². The van der Waals surface area contributed by atoms with Crippen LogP contribution in [0.5, 0.6) is 0 Å². The Morgan fingerprint density at radius 2 is 2.16 bits per heavy atom. The molecular weight excluding hydrogens is 256 g/mol. The van der Waals surface area contributed by atoms with Gasteiger partial charge < -0.3 is 20.3 Å². The summed E-state index contributed by atoms with van der Waals surface area (Å²) in [5, 5.41) is 30.8. The number of rotatable bonds is 8. The Morgan fingerprint density at radius 1 is 1.42 bits per heavy atom. The van der Waals surface area contributed by atoms with Crippen molar-refractivity contribution in [1.82, 2.24) is 0 Å². The lowest BCUT2D eigenvalue weighted by molar-refractivity contribution is -0.384. The SMILES string of the molecule is O=C(O)c1ccc([N+](=O)[O-])cc1NCCOCCO. The van der Waals surface area contributed by atoms with Crippen molar-refractivity contribution in [3.8, 4) is 0 Å². The molecule has 1 aromatic rings. The van der Waals surface area contributed by atoms with Crippen LogP contribution in [-0.4, -0.2) is 47.5 Å². The fourth-order valence-electron chi connectivity index (χ4n) is 1.40. The minimum atomic E-state index is -1.17. The molecule has 0 aliphatic carbocycles. The van der Waals surface area contributed by atoms with Gasteiger partial charge in [0.2, 0.25) is 0 Å². The second-order valence-electron chi connectivity index (χ2n) is 3.55. The van der Waals surface area contributed by atoms with Crippen LogP contribution in [0, 0.1) is 10.1 Å². The molecular formula is C11H14N2O6. The third-order valence-electron chi connectivity index (χ3n) is 2.24. The first kappa shape index (κ1) is 14.9. The highest BCUT2D eigenvalue weighted by Gasteiger charge is 2.14. The quantitative estimate of drug-likeness (QED) is 0.361. The molecule has 0 fully saturated rings. The van der Waals surface area contributed by atoms with E-state index >= 15 is 0 Å². The van der Waals surface area contributed by atoms with Crippen LogP contribution in [0.15, 0.2) is 18.2 Å². The Labute approximate surface area is 108 Å². The van der Waals surface area contributed by atoms with Crippen molar-refractivity contribution in [1.29, 1.82) is 0 Å². The Hall–Kier alpha value is -2.19. The van der Waals surface area contributed by atoms with E-state index in [2.05, 4.69) is 5.32 Å². The van der Waals surface area contributed by atoms with E-state index in [1.165, 1.54) is 6.07 Å². The second-order valence-corrected chi connectivity index (χ2v) is 3.55. The van der Waals surface area contributed by atoms with Crippen molar-refractivity contribution in [2.75, 3.05) is 31.7 Å². The van der Waals surface area contributed by atoms with Gasteiger partial charge in [-0.15, -0.1) is 0 Å². The van der Waals surface area contributed by atoms with Crippen molar-refractivity contribution < 1.29 is 24.7 Å². The molecule has 0 bridgehead atoms. The van der Waals surface area contributed by atoms with Gasteiger partial charge in [-0.3, -0.25) is 10.1 Å². The molecule has 0 aromatic heterocycles. The number of aliphatic hydroxyl groups is 1. The summed E-state index contributed by atoms with van der Waals surface area (Å²) in [6, 6.07) is 3.48. The van der Waals surface area contributed by atoms with Gasteiger partial charge in [-0.25, -0.2) is 4.79 Å². The van der Waals surface area contributed by atoms with E-state index in [1.807, 2.05) is 0 Å². The fraction of sp³-hybridized carbons (Fsp3) is 0.364. The summed E-state index contributed by atoms with van der Waals surface area (Å²) >= 11 is 0. The maximum Gasteiger partial charge on any atom is 0.337 e. The highest BCUT2D eigenvalue weighted by atomic mass is 16.6. The lowest BCUT2D eigenvalue weighted by atomic mass is 10.1. The number of anilines is 1. The Morgan fingerprint density at radius 3 is 2.74 bits per heavy atom. The molecule has 0 unspecified atom stereocenters. The topological polar surface area (TPSA) is 122 Å². The van der Waals surface area contributed by atoms with E-state index in [9.17, 15) is 14.9 Å². The van der Waals surface area contributed by atoms with E-state index in [-0.39, 0.29) is 43.3 Å². The van der Waals surface area contributed by atoms with Gasteiger partial charge >= 0.3 is 5.97 Å². The first-order chi connectivity index (χ1) is 9.06. The summed E-state index contributed by atoms with van der Waals surface area (Å²) in [5.41, 5.74) is -0.0779. The number of nitro benzene ring substituents is 1. The summed E-state index contributed by atoms with van der Waals surface area (Å²) in [7, 11) is 0. The summed E-state index contributed by atoms with van der Waals surface area (Å²) in [6.45, 7) is 0.614. The van der Waals surface area contributed by atoms with Gasteiger partial charge in [0.15, 0.2) is 0 Å².